The average Bonchev–Trinajstić information content (AvgIpc) is 2.54. The minimum atomic E-state index is -1.26. The molecule has 1 spiro atoms. The van der Waals surface area contributed by atoms with Crippen LogP contribution in [0.15, 0.2) is 0 Å². The van der Waals surface area contributed by atoms with Crippen LogP contribution in [0.5, 0.6) is 0 Å². The van der Waals surface area contributed by atoms with Crippen molar-refractivity contribution in [1.29, 1.82) is 0 Å². The Bertz CT molecular complexity index is 310. The number of hydrogen-bond acceptors (Lipinski definition) is 3. The summed E-state index contributed by atoms with van der Waals surface area (Å²) in [6.45, 7) is 5.52. The molecule has 94 valence electrons. The molecule has 2 fully saturated rings. The Morgan fingerprint density at radius 1 is 1.29 bits per heavy atom. The largest absolute Gasteiger partial charge is 0.344 e. The van der Waals surface area contributed by atoms with Gasteiger partial charge in [0.05, 0.1) is 6.10 Å². The predicted octanol–water partition coefficient (Wildman–Crippen LogP) is 2.17. The SMILES string of the molecule is [B][C@]1(C(C)=O)OC2(CCCCC2)OC1C(C)C. The van der Waals surface area contributed by atoms with Crippen LogP contribution >= 0.6 is 0 Å². The molecule has 1 saturated carbocycles. The normalized spacial score (nSPS) is 36.6. The van der Waals surface area contributed by atoms with Gasteiger partial charge in [-0.3, -0.25) is 4.79 Å². The highest BCUT2D eigenvalue weighted by Gasteiger charge is 2.57. The van der Waals surface area contributed by atoms with E-state index in [0.29, 0.717) is 0 Å². The van der Waals surface area contributed by atoms with Gasteiger partial charge >= 0.3 is 0 Å². The lowest BCUT2D eigenvalue weighted by atomic mass is 9.70. The lowest BCUT2D eigenvalue weighted by Gasteiger charge is -2.33. The molecule has 1 saturated heterocycles. The van der Waals surface area contributed by atoms with Crippen molar-refractivity contribution in [2.45, 2.75) is 70.3 Å². The molecule has 17 heavy (non-hydrogen) atoms. The minimum Gasteiger partial charge on any atom is -0.344 e. The molecule has 0 bridgehead atoms. The van der Waals surface area contributed by atoms with E-state index in [1.807, 2.05) is 13.8 Å². The highest BCUT2D eigenvalue weighted by molar-refractivity contribution is 6.28. The zero-order valence-corrected chi connectivity index (χ0v) is 11.0. The van der Waals surface area contributed by atoms with Crippen molar-refractivity contribution in [3.05, 3.63) is 0 Å². The summed E-state index contributed by atoms with van der Waals surface area (Å²) in [7, 11) is 6.16. The second-order valence-corrected chi connectivity index (χ2v) is 5.71. The van der Waals surface area contributed by atoms with Crippen LogP contribution in [0.4, 0.5) is 0 Å². The maximum Gasteiger partial charge on any atom is 0.169 e. The summed E-state index contributed by atoms with van der Waals surface area (Å²) in [4.78, 5) is 11.8. The Morgan fingerprint density at radius 3 is 2.29 bits per heavy atom. The predicted molar refractivity (Wildman–Crippen MR) is 65.8 cm³/mol. The Kier molecular flexibility index (Phi) is 3.39. The van der Waals surface area contributed by atoms with Crippen molar-refractivity contribution in [3.63, 3.8) is 0 Å². The molecule has 2 radical (unpaired) electrons. The quantitative estimate of drug-likeness (QED) is 0.689. The fourth-order valence-corrected chi connectivity index (χ4v) is 2.92. The van der Waals surface area contributed by atoms with Gasteiger partial charge in [-0.1, -0.05) is 20.3 Å². The molecule has 0 N–H and O–H groups in total. The third-order valence-corrected chi connectivity index (χ3v) is 3.89. The van der Waals surface area contributed by atoms with E-state index >= 15 is 0 Å². The van der Waals surface area contributed by atoms with Crippen LogP contribution in [-0.4, -0.2) is 31.0 Å². The highest BCUT2D eigenvalue weighted by Crippen LogP contribution is 2.46. The standard InChI is InChI=1S/C13H21BO3/c1-9(2)11-13(14,10(3)15)17-12(16-11)7-5-4-6-8-12/h9,11H,4-8H2,1-3H3/t11?,13-/m1/s1. The molecule has 2 rings (SSSR count). The summed E-state index contributed by atoms with van der Waals surface area (Å²) in [6, 6.07) is 0. The third-order valence-electron chi connectivity index (χ3n) is 3.89. The maximum absolute atomic E-state index is 11.8. The first-order valence-corrected chi connectivity index (χ1v) is 6.57. The first-order chi connectivity index (χ1) is 7.90. The van der Waals surface area contributed by atoms with Crippen LogP contribution < -0.4 is 0 Å². The summed E-state index contributed by atoms with van der Waals surface area (Å²) >= 11 is 0. The number of ketones is 1. The molecule has 2 atom stereocenters. The molecule has 0 amide bonds. The molecule has 1 aliphatic heterocycles. The van der Waals surface area contributed by atoms with Crippen molar-refractivity contribution in [2.75, 3.05) is 0 Å². The van der Waals surface area contributed by atoms with E-state index in [0.717, 1.165) is 25.7 Å². The van der Waals surface area contributed by atoms with Crippen molar-refractivity contribution in [1.82, 2.24) is 0 Å². The van der Waals surface area contributed by atoms with Gasteiger partial charge in [-0.15, -0.1) is 0 Å². The van der Waals surface area contributed by atoms with Crippen molar-refractivity contribution in [2.24, 2.45) is 5.92 Å². The summed E-state index contributed by atoms with van der Waals surface area (Å²) < 4.78 is 12.0. The Hall–Kier alpha value is -0.345. The monoisotopic (exact) mass is 236 g/mol. The second kappa shape index (κ2) is 4.40. The molecule has 0 aromatic carbocycles. The molecule has 1 heterocycles. The van der Waals surface area contributed by atoms with E-state index in [1.165, 1.54) is 13.3 Å². The van der Waals surface area contributed by atoms with E-state index in [9.17, 15) is 4.79 Å². The van der Waals surface area contributed by atoms with Gasteiger partial charge in [0.1, 0.15) is 13.3 Å². The van der Waals surface area contributed by atoms with Gasteiger partial charge in [0.25, 0.3) is 0 Å². The van der Waals surface area contributed by atoms with Gasteiger partial charge in [0.15, 0.2) is 11.6 Å². The fourth-order valence-electron chi connectivity index (χ4n) is 2.92. The lowest BCUT2D eigenvalue weighted by Crippen LogP contribution is -2.49. The van der Waals surface area contributed by atoms with E-state index in [4.69, 9.17) is 17.3 Å². The van der Waals surface area contributed by atoms with Crippen LogP contribution in [0, 0.1) is 5.92 Å². The van der Waals surface area contributed by atoms with E-state index in [1.54, 1.807) is 0 Å². The molecule has 1 aliphatic carbocycles. The van der Waals surface area contributed by atoms with Crippen molar-refractivity contribution < 1.29 is 14.3 Å². The van der Waals surface area contributed by atoms with Gasteiger partial charge in [-0.2, -0.15) is 0 Å². The minimum absolute atomic E-state index is 0.140. The summed E-state index contributed by atoms with van der Waals surface area (Å²) in [5, 5.41) is 0. The van der Waals surface area contributed by atoms with Gasteiger partial charge in [-0.05, 0) is 25.7 Å². The number of ether oxygens (including phenoxy) is 2. The third kappa shape index (κ3) is 2.17. The van der Waals surface area contributed by atoms with Crippen LogP contribution in [-0.2, 0) is 14.3 Å². The molecular weight excluding hydrogens is 215 g/mol. The zero-order chi connectivity index (χ0) is 12.7. The van der Waals surface area contributed by atoms with Crippen molar-refractivity contribution >= 4 is 13.6 Å². The number of rotatable bonds is 2. The van der Waals surface area contributed by atoms with E-state index < -0.39 is 11.3 Å². The van der Waals surface area contributed by atoms with Crippen LogP contribution in [0.3, 0.4) is 0 Å². The molecule has 1 unspecified atom stereocenters. The maximum atomic E-state index is 11.8. The number of hydrogen-bond donors (Lipinski definition) is 0. The first-order valence-electron chi connectivity index (χ1n) is 6.57. The van der Waals surface area contributed by atoms with Gasteiger partial charge in [-0.25, -0.2) is 0 Å². The summed E-state index contributed by atoms with van der Waals surface area (Å²) in [6.07, 6.45) is 4.74. The van der Waals surface area contributed by atoms with E-state index in [2.05, 4.69) is 0 Å². The number of carbonyl (C=O) groups excluding carboxylic acids is 1. The first kappa shape index (κ1) is 13.1. The number of carbonyl (C=O) groups is 1. The Balaban J connectivity index is 2.25. The molecule has 0 aromatic heterocycles. The fraction of sp³-hybridized carbons (Fsp3) is 0.923. The van der Waals surface area contributed by atoms with Crippen LogP contribution in [0.25, 0.3) is 0 Å². The second-order valence-electron chi connectivity index (χ2n) is 5.71. The van der Waals surface area contributed by atoms with Crippen LogP contribution in [0.2, 0.25) is 0 Å². The highest BCUT2D eigenvalue weighted by atomic mass is 16.8. The molecule has 0 aromatic rings. The van der Waals surface area contributed by atoms with Crippen LogP contribution in [0.1, 0.15) is 52.9 Å². The molecular formula is C13H21BO3. The smallest absolute Gasteiger partial charge is 0.169 e. The summed E-state index contributed by atoms with van der Waals surface area (Å²) in [5.41, 5.74) is -1.26. The van der Waals surface area contributed by atoms with E-state index in [-0.39, 0.29) is 17.8 Å². The molecule has 4 heteroatoms. The number of Topliss-reactive ketones (excluding diaryl/α,β-unsaturated/α-hetero) is 1. The summed E-state index contributed by atoms with van der Waals surface area (Å²) in [5.74, 6) is -0.572. The van der Waals surface area contributed by atoms with Gasteiger partial charge in [0.2, 0.25) is 0 Å². The lowest BCUT2D eigenvalue weighted by molar-refractivity contribution is -0.200. The molecule has 2 aliphatic rings. The average molecular weight is 236 g/mol. The van der Waals surface area contributed by atoms with Gasteiger partial charge in [0, 0.05) is 12.8 Å². The van der Waals surface area contributed by atoms with Gasteiger partial charge < -0.3 is 9.47 Å². The zero-order valence-electron chi connectivity index (χ0n) is 11.0. The Morgan fingerprint density at radius 2 is 1.88 bits per heavy atom. The Labute approximate surface area is 105 Å². The molecule has 3 nitrogen and oxygen atoms in total. The topological polar surface area (TPSA) is 35.5 Å². The van der Waals surface area contributed by atoms with Crippen molar-refractivity contribution in [3.8, 4) is 0 Å².